The van der Waals surface area contributed by atoms with Crippen LogP contribution in [-0.4, -0.2) is 29.8 Å². The Kier molecular flexibility index (Phi) is 3.77. The van der Waals surface area contributed by atoms with Gasteiger partial charge in [-0.15, -0.1) is 0 Å². The molecule has 2 rings (SSSR count). The molecule has 0 saturated heterocycles. The zero-order chi connectivity index (χ0) is 14.0. The van der Waals surface area contributed by atoms with Crippen molar-refractivity contribution in [2.24, 2.45) is 0 Å². The van der Waals surface area contributed by atoms with Crippen LogP contribution in [0.1, 0.15) is 21.5 Å². The standard InChI is InChI=1S/C12H13F3N2O2/c13-12(14,15)10(18)6-17-11(19)7-1-2-8-4-16-5-9(8)3-7/h1-3,10,16,18H,4-6H2,(H,17,19). The first-order chi connectivity index (χ1) is 8.88. The molecule has 104 valence electrons. The van der Waals surface area contributed by atoms with Gasteiger partial charge in [0.05, 0.1) is 6.54 Å². The summed E-state index contributed by atoms with van der Waals surface area (Å²) in [5.74, 6) is -0.627. The van der Waals surface area contributed by atoms with E-state index in [1.807, 2.05) is 0 Å². The summed E-state index contributed by atoms with van der Waals surface area (Å²) in [6.07, 6.45) is -7.28. The zero-order valence-electron chi connectivity index (χ0n) is 9.92. The average molecular weight is 274 g/mol. The van der Waals surface area contributed by atoms with E-state index < -0.39 is 24.7 Å². The first kappa shape index (κ1) is 13.8. The fraction of sp³-hybridized carbons (Fsp3) is 0.417. The number of carbonyl (C=O) groups is 1. The Bertz CT molecular complexity index is 488. The van der Waals surface area contributed by atoms with Crippen molar-refractivity contribution in [2.45, 2.75) is 25.4 Å². The number of rotatable bonds is 3. The van der Waals surface area contributed by atoms with Crippen molar-refractivity contribution in [3.8, 4) is 0 Å². The van der Waals surface area contributed by atoms with E-state index in [0.717, 1.165) is 17.7 Å². The zero-order valence-corrected chi connectivity index (χ0v) is 9.92. The largest absolute Gasteiger partial charge is 0.416 e. The smallest absolute Gasteiger partial charge is 0.382 e. The van der Waals surface area contributed by atoms with E-state index in [1.54, 1.807) is 18.2 Å². The van der Waals surface area contributed by atoms with Gasteiger partial charge in [0.15, 0.2) is 6.10 Å². The van der Waals surface area contributed by atoms with Gasteiger partial charge in [0.2, 0.25) is 0 Å². The van der Waals surface area contributed by atoms with Crippen molar-refractivity contribution >= 4 is 5.91 Å². The first-order valence-electron chi connectivity index (χ1n) is 5.73. The molecule has 0 fully saturated rings. The number of hydrogen-bond donors (Lipinski definition) is 3. The van der Waals surface area contributed by atoms with E-state index in [-0.39, 0.29) is 5.56 Å². The normalized spacial score (nSPS) is 16.0. The maximum atomic E-state index is 12.1. The van der Waals surface area contributed by atoms with Crippen molar-refractivity contribution in [2.75, 3.05) is 6.54 Å². The topological polar surface area (TPSA) is 61.4 Å². The van der Waals surface area contributed by atoms with Crippen LogP contribution in [0.15, 0.2) is 18.2 Å². The predicted octanol–water partition coefficient (Wildman–Crippen LogP) is 0.943. The third-order valence-corrected chi connectivity index (χ3v) is 2.93. The molecule has 19 heavy (non-hydrogen) atoms. The lowest BCUT2D eigenvalue weighted by atomic mass is 10.1. The third kappa shape index (κ3) is 3.24. The minimum atomic E-state index is -4.73. The van der Waals surface area contributed by atoms with Crippen LogP contribution >= 0.6 is 0 Å². The molecule has 1 aliphatic heterocycles. The van der Waals surface area contributed by atoms with E-state index in [2.05, 4.69) is 10.6 Å². The fourth-order valence-corrected chi connectivity index (χ4v) is 1.84. The molecular formula is C12H13F3N2O2. The molecule has 0 saturated carbocycles. The Morgan fingerprint density at radius 2 is 2.05 bits per heavy atom. The number of amides is 1. The van der Waals surface area contributed by atoms with Gasteiger partial charge in [-0.05, 0) is 23.3 Å². The molecule has 4 nitrogen and oxygen atoms in total. The van der Waals surface area contributed by atoms with Crippen LogP contribution in [0.4, 0.5) is 13.2 Å². The number of hydrogen-bond acceptors (Lipinski definition) is 3. The monoisotopic (exact) mass is 274 g/mol. The molecule has 0 spiro atoms. The van der Waals surface area contributed by atoms with Crippen LogP contribution < -0.4 is 10.6 Å². The molecule has 1 aromatic rings. The molecule has 1 amide bonds. The highest BCUT2D eigenvalue weighted by Crippen LogP contribution is 2.20. The molecule has 7 heteroatoms. The third-order valence-electron chi connectivity index (χ3n) is 2.93. The highest BCUT2D eigenvalue weighted by Gasteiger charge is 2.38. The number of halogens is 3. The Morgan fingerprint density at radius 1 is 1.37 bits per heavy atom. The molecule has 1 unspecified atom stereocenters. The second kappa shape index (κ2) is 5.18. The second-order valence-corrected chi connectivity index (χ2v) is 4.35. The van der Waals surface area contributed by atoms with Gasteiger partial charge in [-0.2, -0.15) is 13.2 Å². The van der Waals surface area contributed by atoms with E-state index in [9.17, 15) is 18.0 Å². The number of benzene rings is 1. The van der Waals surface area contributed by atoms with Crippen LogP contribution in [0.3, 0.4) is 0 Å². The Morgan fingerprint density at radius 3 is 2.74 bits per heavy atom. The van der Waals surface area contributed by atoms with Crippen LogP contribution in [0.25, 0.3) is 0 Å². The summed E-state index contributed by atoms with van der Waals surface area (Å²) in [6, 6.07) is 4.97. The fourth-order valence-electron chi connectivity index (χ4n) is 1.84. The highest BCUT2D eigenvalue weighted by molar-refractivity contribution is 5.94. The summed E-state index contributed by atoms with van der Waals surface area (Å²) < 4.78 is 36.2. The van der Waals surface area contributed by atoms with Gasteiger partial charge in [0, 0.05) is 18.7 Å². The SMILES string of the molecule is O=C(NCC(O)C(F)(F)F)c1ccc2c(c1)CNC2. The summed E-state index contributed by atoms with van der Waals surface area (Å²) in [5, 5.41) is 14.0. The number of aliphatic hydroxyl groups is 1. The molecule has 0 bridgehead atoms. The number of carbonyl (C=O) groups excluding carboxylic acids is 1. The summed E-state index contributed by atoms with van der Waals surface area (Å²) in [6.45, 7) is 0.517. The second-order valence-electron chi connectivity index (χ2n) is 4.35. The van der Waals surface area contributed by atoms with Crippen LogP contribution in [0, 0.1) is 0 Å². The van der Waals surface area contributed by atoms with Crippen LogP contribution in [0.5, 0.6) is 0 Å². The molecule has 1 heterocycles. The molecule has 1 atom stereocenters. The maximum absolute atomic E-state index is 12.1. The molecule has 1 aromatic carbocycles. The summed E-state index contributed by atoms with van der Waals surface area (Å²) >= 11 is 0. The van der Waals surface area contributed by atoms with Crippen molar-refractivity contribution in [1.82, 2.24) is 10.6 Å². The van der Waals surface area contributed by atoms with Crippen LogP contribution in [0.2, 0.25) is 0 Å². The van der Waals surface area contributed by atoms with Gasteiger partial charge in [0.25, 0.3) is 5.91 Å². The highest BCUT2D eigenvalue weighted by atomic mass is 19.4. The van der Waals surface area contributed by atoms with Gasteiger partial charge >= 0.3 is 6.18 Å². The maximum Gasteiger partial charge on any atom is 0.416 e. The van der Waals surface area contributed by atoms with Crippen LogP contribution in [-0.2, 0) is 13.1 Å². The van der Waals surface area contributed by atoms with E-state index in [1.165, 1.54) is 0 Å². The van der Waals surface area contributed by atoms with Gasteiger partial charge in [-0.25, -0.2) is 0 Å². The quantitative estimate of drug-likeness (QED) is 0.769. The van der Waals surface area contributed by atoms with Gasteiger partial charge in [0.1, 0.15) is 0 Å². The molecule has 0 radical (unpaired) electrons. The Hall–Kier alpha value is -1.60. The minimum Gasteiger partial charge on any atom is -0.382 e. The Labute approximate surface area is 107 Å². The molecular weight excluding hydrogens is 261 g/mol. The predicted molar refractivity (Wildman–Crippen MR) is 61.4 cm³/mol. The Balaban J connectivity index is 1.97. The van der Waals surface area contributed by atoms with Crippen molar-refractivity contribution in [3.63, 3.8) is 0 Å². The average Bonchev–Trinajstić information content (AvgIpc) is 2.81. The molecule has 3 N–H and O–H groups in total. The summed E-state index contributed by atoms with van der Waals surface area (Å²) in [4.78, 5) is 11.7. The lowest BCUT2D eigenvalue weighted by molar-refractivity contribution is -0.201. The lowest BCUT2D eigenvalue weighted by Crippen LogP contribution is -2.40. The molecule has 0 aliphatic carbocycles. The van der Waals surface area contributed by atoms with E-state index >= 15 is 0 Å². The van der Waals surface area contributed by atoms with Gasteiger partial charge in [-0.1, -0.05) is 6.07 Å². The van der Waals surface area contributed by atoms with Crippen molar-refractivity contribution < 1.29 is 23.1 Å². The minimum absolute atomic E-state index is 0.289. The number of aliphatic hydroxyl groups excluding tert-OH is 1. The van der Waals surface area contributed by atoms with Gasteiger partial charge in [-0.3, -0.25) is 4.79 Å². The molecule has 1 aliphatic rings. The lowest BCUT2D eigenvalue weighted by Gasteiger charge is -2.15. The number of fused-ring (bicyclic) bond motifs is 1. The summed E-state index contributed by atoms with van der Waals surface area (Å²) in [7, 11) is 0. The van der Waals surface area contributed by atoms with Gasteiger partial charge < -0.3 is 15.7 Å². The van der Waals surface area contributed by atoms with Crippen molar-refractivity contribution in [1.29, 1.82) is 0 Å². The first-order valence-corrected chi connectivity index (χ1v) is 5.73. The van der Waals surface area contributed by atoms with Crippen molar-refractivity contribution in [3.05, 3.63) is 34.9 Å². The van der Waals surface area contributed by atoms with E-state index in [4.69, 9.17) is 5.11 Å². The molecule has 0 aromatic heterocycles. The number of alkyl halides is 3. The number of nitrogens with one attached hydrogen (secondary N) is 2. The van der Waals surface area contributed by atoms with E-state index in [0.29, 0.717) is 6.54 Å². The summed E-state index contributed by atoms with van der Waals surface area (Å²) in [5.41, 5.74) is 2.33.